The monoisotopic (exact) mass is 418 g/mol. The molecule has 0 aromatic heterocycles. The Morgan fingerprint density at radius 2 is 1.72 bits per heavy atom. The van der Waals surface area contributed by atoms with Gasteiger partial charge in [0.15, 0.2) is 5.82 Å². The minimum Gasteiger partial charge on any atom is -0.410 e. The SMILES string of the molecule is O=C(Oc1ccc([N+](=O)[O-])cc1)N(Cc1ccccc1F)c1cccc(Cl)c1F. The molecule has 0 aliphatic heterocycles. The van der Waals surface area contributed by atoms with Crippen LogP contribution in [0.5, 0.6) is 5.75 Å². The van der Waals surface area contributed by atoms with Gasteiger partial charge in [0, 0.05) is 17.7 Å². The summed E-state index contributed by atoms with van der Waals surface area (Å²) in [4.78, 5) is 23.8. The number of ether oxygens (including phenoxy) is 1. The van der Waals surface area contributed by atoms with Crippen LogP contribution in [0.3, 0.4) is 0 Å². The molecule has 0 bridgehead atoms. The van der Waals surface area contributed by atoms with Crippen molar-refractivity contribution in [3.8, 4) is 5.75 Å². The normalized spacial score (nSPS) is 10.4. The Kier molecular flexibility index (Phi) is 6.04. The van der Waals surface area contributed by atoms with Gasteiger partial charge in [-0.2, -0.15) is 0 Å². The first-order valence-electron chi connectivity index (χ1n) is 8.28. The van der Waals surface area contributed by atoms with E-state index in [9.17, 15) is 23.7 Å². The molecule has 0 saturated carbocycles. The second-order valence-electron chi connectivity index (χ2n) is 5.87. The molecule has 0 heterocycles. The molecule has 9 heteroatoms. The maximum atomic E-state index is 14.5. The molecule has 0 N–H and O–H groups in total. The maximum absolute atomic E-state index is 14.5. The number of nitro benzene ring substituents is 1. The summed E-state index contributed by atoms with van der Waals surface area (Å²) in [5.41, 5.74) is -0.255. The van der Waals surface area contributed by atoms with Crippen molar-refractivity contribution >= 4 is 29.1 Å². The van der Waals surface area contributed by atoms with Crippen LogP contribution >= 0.6 is 11.6 Å². The van der Waals surface area contributed by atoms with Crippen LogP contribution in [0.4, 0.5) is 25.0 Å². The number of benzene rings is 3. The van der Waals surface area contributed by atoms with Crippen molar-refractivity contribution in [3.05, 3.63) is 99.1 Å². The van der Waals surface area contributed by atoms with Crippen molar-refractivity contribution in [2.45, 2.75) is 6.54 Å². The van der Waals surface area contributed by atoms with Crippen LogP contribution in [0.1, 0.15) is 5.56 Å². The highest BCUT2D eigenvalue weighted by Crippen LogP contribution is 2.28. The Labute approximate surface area is 169 Å². The predicted octanol–water partition coefficient (Wildman–Crippen LogP) is 5.73. The summed E-state index contributed by atoms with van der Waals surface area (Å²) in [6.07, 6.45) is -1.01. The van der Waals surface area contributed by atoms with Gasteiger partial charge in [-0.05, 0) is 30.3 Å². The van der Waals surface area contributed by atoms with E-state index in [2.05, 4.69) is 0 Å². The van der Waals surface area contributed by atoms with Gasteiger partial charge in [0.05, 0.1) is 22.2 Å². The van der Waals surface area contributed by atoms with Crippen LogP contribution in [0.25, 0.3) is 0 Å². The van der Waals surface area contributed by atoms with E-state index in [0.717, 1.165) is 17.0 Å². The van der Waals surface area contributed by atoms with Gasteiger partial charge in [0.1, 0.15) is 11.6 Å². The van der Waals surface area contributed by atoms with Gasteiger partial charge in [0.2, 0.25) is 0 Å². The number of nitro groups is 1. The van der Waals surface area contributed by atoms with Gasteiger partial charge in [-0.3, -0.25) is 15.0 Å². The van der Waals surface area contributed by atoms with Crippen molar-refractivity contribution in [2.24, 2.45) is 0 Å². The fourth-order valence-corrected chi connectivity index (χ4v) is 2.71. The standard InChI is InChI=1S/C20H13ClF2N2O4/c21-16-5-3-7-18(19(16)23)24(12-13-4-1-2-6-17(13)22)20(26)29-15-10-8-14(9-11-15)25(27)28/h1-11H,12H2. The van der Waals surface area contributed by atoms with E-state index in [4.69, 9.17) is 16.3 Å². The van der Waals surface area contributed by atoms with Crippen molar-refractivity contribution in [1.29, 1.82) is 0 Å². The Morgan fingerprint density at radius 3 is 2.38 bits per heavy atom. The number of amides is 1. The molecule has 0 atom stereocenters. The molecule has 0 unspecified atom stereocenters. The van der Waals surface area contributed by atoms with E-state index in [1.807, 2.05) is 0 Å². The average Bonchev–Trinajstić information content (AvgIpc) is 2.70. The van der Waals surface area contributed by atoms with Gasteiger partial charge < -0.3 is 4.74 Å². The number of rotatable bonds is 5. The van der Waals surface area contributed by atoms with E-state index < -0.39 is 22.7 Å². The molecule has 1 amide bonds. The van der Waals surface area contributed by atoms with Crippen LogP contribution in [0, 0.1) is 21.7 Å². The van der Waals surface area contributed by atoms with Crippen molar-refractivity contribution in [3.63, 3.8) is 0 Å². The van der Waals surface area contributed by atoms with Gasteiger partial charge in [0.25, 0.3) is 5.69 Å². The summed E-state index contributed by atoms with van der Waals surface area (Å²) in [6, 6.07) is 14.5. The summed E-state index contributed by atoms with van der Waals surface area (Å²) >= 11 is 5.81. The zero-order chi connectivity index (χ0) is 21.0. The number of carbonyl (C=O) groups excluding carboxylic acids is 1. The average molecular weight is 419 g/mol. The van der Waals surface area contributed by atoms with Crippen molar-refractivity contribution in [1.82, 2.24) is 0 Å². The topological polar surface area (TPSA) is 72.7 Å². The Hall–Kier alpha value is -3.52. The lowest BCUT2D eigenvalue weighted by Crippen LogP contribution is -2.34. The highest BCUT2D eigenvalue weighted by Gasteiger charge is 2.24. The number of non-ortho nitro benzene ring substituents is 1. The van der Waals surface area contributed by atoms with E-state index in [1.54, 1.807) is 6.07 Å². The molecular formula is C20H13ClF2N2O4. The van der Waals surface area contributed by atoms with Crippen LogP contribution in [-0.4, -0.2) is 11.0 Å². The number of nitrogens with zero attached hydrogens (tertiary/aromatic N) is 2. The van der Waals surface area contributed by atoms with E-state index in [1.165, 1.54) is 48.5 Å². The van der Waals surface area contributed by atoms with E-state index in [-0.39, 0.29) is 34.3 Å². The summed E-state index contributed by atoms with van der Waals surface area (Å²) in [5, 5.41) is 10.5. The predicted molar refractivity (Wildman–Crippen MR) is 103 cm³/mol. The van der Waals surface area contributed by atoms with Crippen LogP contribution < -0.4 is 9.64 Å². The van der Waals surface area contributed by atoms with Gasteiger partial charge in [-0.25, -0.2) is 13.6 Å². The number of anilines is 1. The highest BCUT2D eigenvalue weighted by molar-refractivity contribution is 6.31. The zero-order valence-electron chi connectivity index (χ0n) is 14.7. The lowest BCUT2D eigenvalue weighted by Gasteiger charge is -2.23. The molecule has 0 saturated heterocycles. The van der Waals surface area contributed by atoms with Crippen LogP contribution in [0.15, 0.2) is 66.7 Å². The fourth-order valence-electron chi connectivity index (χ4n) is 2.54. The lowest BCUT2D eigenvalue weighted by molar-refractivity contribution is -0.384. The molecule has 3 aromatic carbocycles. The smallest absolute Gasteiger partial charge is 0.410 e. The first kappa shape index (κ1) is 20.2. The number of hydrogen-bond acceptors (Lipinski definition) is 4. The van der Waals surface area contributed by atoms with Crippen LogP contribution in [0.2, 0.25) is 5.02 Å². The van der Waals surface area contributed by atoms with Gasteiger partial charge >= 0.3 is 6.09 Å². The Balaban J connectivity index is 1.93. The number of carbonyl (C=O) groups is 1. The molecule has 0 spiro atoms. The van der Waals surface area contributed by atoms with Crippen molar-refractivity contribution < 1.29 is 23.2 Å². The number of halogens is 3. The zero-order valence-corrected chi connectivity index (χ0v) is 15.5. The maximum Gasteiger partial charge on any atom is 0.420 e. The summed E-state index contributed by atoms with van der Waals surface area (Å²) in [7, 11) is 0. The third-order valence-electron chi connectivity index (χ3n) is 3.98. The minimum absolute atomic E-state index is 0.00145. The molecular weight excluding hydrogens is 406 g/mol. The molecule has 0 radical (unpaired) electrons. The van der Waals surface area contributed by atoms with Gasteiger partial charge in [-0.15, -0.1) is 0 Å². The van der Waals surface area contributed by atoms with E-state index >= 15 is 0 Å². The largest absolute Gasteiger partial charge is 0.420 e. The fraction of sp³-hybridized carbons (Fsp3) is 0.0500. The number of hydrogen-bond donors (Lipinski definition) is 0. The van der Waals surface area contributed by atoms with Gasteiger partial charge in [-0.1, -0.05) is 35.9 Å². The quantitative estimate of drug-likeness (QED) is 0.391. The molecule has 29 heavy (non-hydrogen) atoms. The summed E-state index contributed by atoms with van der Waals surface area (Å²) < 4.78 is 33.8. The molecule has 0 aliphatic rings. The minimum atomic E-state index is -1.01. The summed E-state index contributed by atoms with van der Waals surface area (Å²) in [6.45, 7) is -0.324. The molecule has 0 aliphatic carbocycles. The summed E-state index contributed by atoms with van der Waals surface area (Å²) in [5.74, 6) is -1.45. The van der Waals surface area contributed by atoms with Crippen LogP contribution in [-0.2, 0) is 6.54 Å². The second-order valence-corrected chi connectivity index (χ2v) is 6.28. The van der Waals surface area contributed by atoms with Crippen molar-refractivity contribution in [2.75, 3.05) is 4.90 Å². The lowest BCUT2D eigenvalue weighted by atomic mass is 10.2. The third kappa shape index (κ3) is 4.67. The molecule has 3 aromatic rings. The van der Waals surface area contributed by atoms with E-state index in [0.29, 0.717) is 0 Å². The molecule has 3 rings (SSSR count). The Morgan fingerprint density at radius 1 is 1.03 bits per heavy atom. The highest BCUT2D eigenvalue weighted by atomic mass is 35.5. The Bertz CT molecular complexity index is 1060. The third-order valence-corrected chi connectivity index (χ3v) is 4.27. The molecule has 6 nitrogen and oxygen atoms in total. The molecule has 0 fully saturated rings. The first-order chi connectivity index (χ1) is 13.9. The molecule has 148 valence electrons. The second kappa shape index (κ2) is 8.66. The first-order valence-corrected chi connectivity index (χ1v) is 8.66.